The van der Waals surface area contributed by atoms with E-state index in [1.165, 1.54) is 19.1 Å². The molecule has 1 aliphatic heterocycles. The van der Waals surface area contributed by atoms with Crippen molar-refractivity contribution in [2.45, 2.75) is 32.7 Å². The number of carboxylic acid groups (broad SMARTS) is 1. The zero-order valence-corrected chi connectivity index (χ0v) is 16.0. The summed E-state index contributed by atoms with van der Waals surface area (Å²) in [6.07, 6.45) is 0.354. The monoisotopic (exact) mass is 378 g/mol. The van der Waals surface area contributed by atoms with Gasteiger partial charge in [-0.2, -0.15) is 0 Å². The molecule has 2 N–H and O–H groups in total. The van der Waals surface area contributed by atoms with Crippen LogP contribution >= 0.6 is 0 Å². The van der Waals surface area contributed by atoms with Crippen LogP contribution < -0.4 is 19.7 Å². The molecule has 27 heavy (non-hydrogen) atoms. The van der Waals surface area contributed by atoms with Gasteiger partial charge in [0, 0.05) is 19.0 Å². The van der Waals surface area contributed by atoms with Gasteiger partial charge < -0.3 is 24.8 Å². The molecule has 1 saturated heterocycles. The fraction of sp³-hybridized carbons (Fsp3) is 0.526. The van der Waals surface area contributed by atoms with Gasteiger partial charge in [0.1, 0.15) is 17.5 Å². The van der Waals surface area contributed by atoms with E-state index in [4.69, 9.17) is 9.47 Å². The van der Waals surface area contributed by atoms with Gasteiger partial charge in [0.2, 0.25) is 11.8 Å². The first-order chi connectivity index (χ1) is 12.8. The number of hydrogen-bond acceptors (Lipinski definition) is 5. The molecule has 1 aromatic rings. The first-order valence-corrected chi connectivity index (χ1v) is 8.82. The van der Waals surface area contributed by atoms with Crippen LogP contribution in [0, 0.1) is 11.8 Å². The second-order valence-corrected chi connectivity index (χ2v) is 6.97. The fourth-order valence-corrected chi connectivity index (χ4v) is 3.11. The van der Waals surface area contributed by atoms with Crippen LogP contribution in [0.2, 0.25) is 0 Å². The number of aliphatic carboxylic acids is 1. The van der Waals surface area contributed by atoms with E-state index in [0.29, 0.717) is 23.6 Å². The lowest BCUT2D eigenvalue weighted by Gasteiger charge is -2.21. The van der Waals surface area contributed by atoms with Crippen LogP contribution in [0.15, 0.2) is 18.2 Å². The number of carbonyl (C=O) groups excluding carboxylic acids is 2. The number of methoxy groups -OCH3 is 2. The van der Waals surface area contributed by atoms with E-state index in [1.54, 1.807) is 18.2 Å². The summed E-state index contributed by atoms with van der Waals surface area (Å²) in [7, 11) is 3.03. The van der Waals surface area contributed by atoms with Crippen LogP contribution in [0.25, 0.3) is 0 Å². The maximum absolute atomic E-state index is 12.5. The van der Waals surface area contributed by atoms with Gasteiger partial charge in [-0.15, -0.1) is 0 Å². The molecule has 8 nitrogen and oxygen atoms in total. The van der Waals surface area contributed by atoms with Crippen LogP contribution in [0.1, 0.15) is 26.7 Å². The van der Waals surface area contributed by atoms with Gasteiger partial charge in [0.15, 0.2) is 0 Å². The topological polar surface area (TPSA) is 105 Å². The Balaban J connectivity index is 2.12. The number of benzene rings is 1. The number of anilines is 1. The number of carbonyl (C=O) groups is 3. The summed E-state index contributed by atoms with van der Waals surface area (Å²) >= 11 is 0. The van der Waals surface area contributed by atoms with Crippen molar-refractivity contribution in [2.75, 3.05) is 25.7 Å². The molecule has 148 valence electrons. The van der Waals surface area contributed by atoms with Crippen molar-refractivity contribution in [1.82, 2.24) is 5.32 Å². The fourth-order valence-electron chi connectivity index (χ4n) is 3.11. The number of amides is 2. The first kappa shape index (κ1) is 20.5. The van der Waals surface area contributed by atoms with Crippen LogP contribution in [-0.4, -0.2) is 49.7 Å². The van der Waals surface area contributed by atoms with Crippen molar-refractivity contribution in [3.05, 3.63) is 18.2 Å². The van der Waals surface area contributed by atoms with Crippen LogP contribution in [0.5, 0.6) is 11.5 Å². The highest BCUT2D eigenvalue weighted by molar-refractivity contribution is 6.01. The molecule has 2 amide bonds. The quantitative estimate of drug-likeness (QED) is 0.713. The lowest BCUT2D eigenvalue weighted by Crippen LogP contribution is -2.44. The Hall–Kier alpha value is -2.77. The van der Waals surface area contributed by atoms with Gasteiger partial charge in [0.05, 0.1) is 25.8 Å². The number of nitrogens with zero attached hydrogens (tertiary/aromatic N) is 1. The summed E-state index contributed by atoms with van der Waals surface area (Å²) in [4.78, 5) is 37.8. The van der Waals surface area contributed by atoms with Gasteiger partial charge in [-0.3, -0.25) is 9.59 Å². The molecular formula is C19H26N2O6. The van der Waals surface area contributed by atoms with Crippen molar-refractivity contribution in [3.8, 4) is 11.5 Å². The van der Waals surface area contributed by atoms with Crippen LogP contribution in [-0.2, 0) is 14.4 Å². The van der Waals surface area contributed by atoms with Gasteiger partial charge in [-0.05, 0) is 24.5 Å². The minimum absolute atomic E-state index is 0.0229. The normalized spacial score (nSPS) is 17.7. The molecule has 8 heteroatoms. The van der Waals surface area contributed by atoms with E-state index in [2.05, 4.69) is 5.32 Å². The van der Waals surface area contributed by atoms with Crippen molar-refractivity contribution < 1.29 is 29.0 Å². The van der Waals surface area contributed by atoms with E-state index in [1.807, 2.05) is 13.8 Å². The summed E-state index contributed by atoms with van der Waals surface area (Å²) in [5, 5.41) is 11.9. The molecular weight excluding hydrogens is 352 g/mol. The average Bonchev–Trinajstić information content (AvgIpc) is 3.01. The third-order valence-electron chi connectivity index (χ3n) is 4.50. The highest BCUT2D eigenvalue weighted by atomic mass is 16.5. The van der Waals surface area contributed by atoms with Gasteiger partial charge >= 0.3 is 5.97 Å². The minimum Gasteiger partial charge on any atom is -0.497 e. The lowest BCUT2D eigenvalue weighted by atomic mass is 10.0. The molecule has 1 aliphatic rings. The second kappa shape index (κ2) is 8.75. The van der Waals surface area contributed by atoms with E-state index in [0.717, 1.165) is 0 Å². The Kier molecular flexibility index (Phi) is 6.65. The lowest BCUT2D eigenvalue weighted by molar-refractivity contribution is -0.142. The summed E-state index contributed by atoms with van der Waals surface area (Å²) in [6, 6.07) is 4.12. The second-order valence-electron chi connectivity index (χ2n) is 6.97. The maximum Gasteiger partial charge on any atom is 0.326 e. The van der Waals surface area contributed by atoms with Gasteiger partial charge in [-0.1, -0.05) is 13.8 Å². The smallest absolute Gasteiger partial charge is 0.326 e. The standard InChI is InChI=1S/C19H26N2O6/c1-11(2)7-14(19(24)25)20-18(23)12-8-17(22)21(10-12)15-6-5-13(26-3)9-16(15)27-4/h5-6,9,11-12,14H,7-8,10H2,1-4H3,(H,20,23)(H,24,25)/t12?,14-/m0/s1. The summed E-state index contributed by atoms with van der Waals surface area (Å²) in [5.74, 6) is -1.15. The predicted octanol–water partition coefficient (Wildman–Crippen LogP) is 1.67. The Labute approximate surface area is 158 Å². The van der Waals surface area contributed by atoms with Crippen molar-refractivity contribution in [2.24, 2.45) is 11.8 Å². The highest BCUT2D eigenvalue weighted by Crippen LogP contribution is 2.35. The zero-order valence-electron chi connectivity index (χ0n) is 16.0. The molecule has 1 aromatic carbocycles. The zero-order chi connectivity index (χ0) is 20.1. The average molecular weight is 378 g/mol. The Morgan fingerprint density at radius 1 is 1.30 bits per heavy atom. The first-order valence-electron chi connectivity index (χ1n) is 8.82. The van der Waals surface area contributed by atoms with Crippen molar-refractivity contribution in [1.29, 1.82) is 0 Å². The molecule has 2 atom stereocenters. The number of nitrogens with one attached hydrogen (secondary N) is 1. The van der Waals surface area contributed by atoms with Gasteiger partial charge in [-0.25, -0.2) is 4.79 Å². The van der Waals surface area contributed by atoms with E-state index in [9.17, 15) is 19.5 Å². The Morgan fingerprint density at radius 2 is 2.00 bits per heavy atom. The van der Waals surface area contributed by atoms with Crippen LogP contribution in [0.4, 0.5) is 5.69 Å². The maximum atomic E-state index is 12.5. The molecule has 1 fully saturated rings. The molecule has 0 aromatic heterocycles. The molecule has 1 unspecified atom stereocenters. The summed E-state index contributed by atoms with van der Waals surface area (Å²) in [6.45, 7) is 3.94. The SMILES string of the molecule is COc1ccc(N2CC(C(=O)N[C@@H](CC(C)C)C(=O)O)CC2=O)c(OC)c1. The third kappa shape index (κ3) is 4.90. The van der Waals surface area contributed by atoms with Crippen LogP contribution in [0.3, 0.4) is 0 Å². The minimum atomic E-state index is -1.07. The van der Waals surface area contributed by atoms with Crippen molar-refractivity contribution in [3.63, 3.8) is 0 Å². The molecule has 2 rings (SSSR count). The number of ether oxygens (including phenoxy) is 2. The summed E-state index contributed by atoms with van der Waals surface area (Å²) < 4.78 is 10.5. The van der Waals surface area contributed by atoms with Gasteiger partial charge in [0.25, 0.3) is 0 Å². The van der Waals surface area contributed by atoms with E-state index in [-0.39, 0.29) is 24.8 Å². The predicted molar refractivity (Wildman–Crippen MR) is 99.0 cm³/mol. The summed E-state index contributed by atoms with van der Waals surface area (Å²) in [5.41, 5.74) is 0.551. The van der Waals surface area contributed by atoms with Crippen molar-refractivity contribution >= 4 is 23.5 Å². The number of hydrogen-bond donors (Lipinski definition) is 2. The Bertz CT molecular complexity index is 718. The molecule has 0 radical (unpaired) electrons. The van der Waals surface area contributed by atoms with E-state index >= 15 is 0 Å². The molecule has 1 heterocycles. The molecule has 0 aliphatic carbocycles. The highest BCUT2D eigenvalue weighted by Gasteiger charge is 2.37. The van der Waals surface area contributed by atoms with E-state index < -0.39 is 23.8 Å². The Morgan fingerprint density at radius 3 is 2.56 bits per heavy atom. The number of carboxylic acids is 1. The molecule has 0 bridgehead atoms. The number of rotatable bonds is 8. The third-order valence-corrected chi connectivity index (χ3v) is 4.50. The molecule has 0 saturated carbocycles. The molecule has 0 spiro atoms. The largest absolute Gasteiger partial charge is 0.497 e.